The Hall–Kier alpha value is -5.97. The van der Waals surface area contributed by atoms with Crippen LogP contribution in [0.4, 0.5) is 34.1 Å². The van der Waals surface area contributed by atoms with Gasteiger partial charge in [0.05, 0.1) is 9.85 Å². The zero-order valence-electron chi connectivity index (χ0n) is 27.6. The average Bonchev–Trinajstić information content (AvgIpc) is 3.07. The number of nitrogens with zero attached hydrogens (tertiary/aromatic N) is 6. The molecule has 0 fully saturated rings. The van der Waals surface area contributed by atoms with E-state index in [4.69, 9.17) is 0 Å². The van der Waals surface area contributed by atoms with Crippen LogP contribution in [-0.4, -0.2) is 42.1 Å². The van der Waals surface area contributed by atoms with E-state index in [2.05, 4.69) is 31.1 Å². The van der Waals surface area contributed by atoms with E-state index in [0.29, 0.717) is 11.4 Å². The van der Waals surface area contributed by atoms with Crippen LogP contribution in [0.15, 0.2) is 140 Å². The van der Waals surface area contributed by atoms with E-state index in [1.54, 1.807) is 60.7 Å². The molecule has 262 valence electrons. The Morgan fingerprint density at radius 1 is 0.615 bits per heavy atom. The van der Waals surface area contributed by atoms with Crippen LogP contribution < -0.4 is 40.2 Å². The van der Waals surface area contributed by atoms with Gasteiger partial charge >= 0.3 is 29.6 Å². The van der Waals surface area contributed by atoms with E-state index in [1.165, 1.54) is 13.8 Å². The number of hydrogen-bond acceptors (Lipinski definition) is 14. The number of phenols is 2. The zero-order chi connectivity index (χ0) is 36.8. The second-order valence-corrected chi connectivity index (χ2v) is 9.77. The van der Waals surface area contributed by atoms with Crippen LogP contribution >= 0.6 is 0 Å². The van der Waals surface area contributed by atoms with Gasteiger partial charge < -0.3 is 31.1 Å². The van der Waals surface area contributed by atoms with Gasteiger partial charge in [-0.15, -0.1) is 20.5 Å². The first-order chi connectivity index (χ1) is 23.8. The molecule has 0 radical (unpaired) electrons. The number of aliphatic hydroxyl groups excluding tert-OH is 2. The molecule has 52 heavy (non-hydrogen) atoms. The number of phenolic OH excluding ortho intramolecular Hbond substituents is 2. The summed E-state index contributed by atoms with van der Waals surface area (Å²) in [4.78, 5) is 44.6. The Kier molecular flexibility index (Phi) is 18.0. The van der Waals surface area contributed by atoms with E-state index in [-0.39, 0.29) is 81.2 Å². The summed E-state index contributed by atoms with van der Waals surface area (Å²) in [6, 6.07) is 23.4. The number of carbonyl (C=O) groups is 2. The molecule has 0 spiro atoms. The Morgan fingerprint density at radius 2 is 0.942 bits per heavy atom. The molecule has 0 aliphatic rings. The largest absolute Gasteiger partial charge is 1.00 e. The Balaban J connectivity index is 0.000000501. The molecule has 2 amide bonds. The molecular formula is C32H28CrN8NaO10+. The molecule has 0 bridgehead atoms. The normalized spacial score (nSPS) is 11.4. The van der Waals surface area contributed by atoms with Gasteiger partial charge in [0.1, 0.15) is 34.4 Å². The van der Waals surface area contributed by atoms with E-state index in [0.717, 1.165) is 36.4 Å². The third-order valence-electron chi connectivity index (χ3n) is 6.03. The van der Waals surface area contributed by atoms with Crippen molar-refractivity contribution >= 4 is 45.9 Å². The predicted molar refractivity (Wildman–Crippen MR) is 179 cm³/mol. The number of para-hydroxylation sites is 2. The third-order valence-corrected chi connectivity index (χ3v) is 6.03. The molecule has 0 heterocycles. The van der Waals surface area contributed by atoms with Crippen LogP contribution in [-0.2, 0) is 27.0 Å². The van der Waals surface area contributed by atoms with Crippen molar-refractivity contribution in [3.8, 4) is 11.5 Å². The summed E-state index contributed by atoms with van der Waals surface area (Å²) in [6.45, 7) is 2.48. The standard InChI is InChI=1S/2C16H14N4O5.Cr.Na/c2*1-10(21)15(16(23)17-11-5-3-2-4-6-11)19-18-13-9-12(20(24)25)7-8-14(13)22;;/h2*2-9,21-22H,1H3,(H,17,23);;/q;;;+1/b2*15-10-,19-18?;;. The van der Waals surface area contributed by atoms with Gasteiger partial charge in [0.15, 0.2) is 11.4 Å². The Labute approximate surface area is 327 Å². The van der Waals surface area contributed by atoms with Crippen LogP contribution in [0.25, 0.3) is 0 Å². The summed E-state index contributed by atoms with van der Waals surface area (Å²) in [5.74, 6) is -2.95. The van der Waals surface area contributed by atoms with Crippen LogP contribution in [0.3, 0.4) is 0 Å². The number of azo groups is 2. The van der Waals surface area contributed by atoms with Gasteiger partial charge in [0.2, 0.25) is 0 Å². The van der Waals surface area contributed by atoms with Crippen molar-refractivity contribution in [2.75, 3.05) is 10.6 Å². The number of nitro groups is 2. The molecule has 0 aromatic heterocycles. The van der Waals surface area contributed by atoms with Crippen molar-refractivity contribution in [3.63, 3.8) is 0 Å². The molecule has 4 aromatic carbocycles. The molecule has 0 unspecified atom stereocenters. The number of anilines is 2. The molecule has 0 saturated heterocycles. The summed E-state index contributed by atoms with van der Waals surface area (Å²) < 4.78 is 0. The number of aliphatic hydroxyl groups is 2. The number of rotatable bonds is 10. The molecule has 0 aliphatic heterocycles. The van der Waals surface area contributed by atoms with Crippen LogP contribution in [0.5, 0.6) is 11.5 Å². The smallest absolute Gasteiger partial charge is 0.510 e. The van der Waals surface area contributed by atoms with Gasteiger partial charge in [-0.3, -0.25) is 29.8 Å². The van der Waals surface area contributed by atoms with Crippen molar-refractivity contribution in [1.82, 2.24) is 0 Å². The van der Waals surface area contributed by atoms with E-state index in [9.17, 15) is 50.2 Å². The maximum Gasteiger partial charge on any atom is 1.00 e. The number of benzene rings is 4. The van der Waals surface area contributed by atoms with Crippen molar-refractivity contribution < 1.29 is 86.8 Å². The Morgan fingerprint density at radius 3 is 1.23 bits per heavy atom. The number of carbonyl (C=O) groups excluding carboxylic acids is 2. The third kappa shape index (κ3) is 13.4. The fourth-order valence-corrected chi connectivity index (χ4v) is 3.61. The van der Waals surface area contributed by atoms with Gasteiger partial charge in [-0.2, -0.15) is 0 Å². The predicted octanol–water partition coefficient (Wildman–Crippen LogP) is 4.63. The van der Waals surface area contributed by atoms with E-state index < -0.39 is 44.6 Å². The van der Waals surface area contributed by atoms with Crippen LogP contribution in [0.1, 0.15) is 13.8 Å². The molecule has 20 heteroatoms. The fraction of sp³-hybridized carbons (Fsp3) is 0.0625. The first-order valence-corrected chi connectivity index (χ1v) is 14.1. The molecule has 4 rings (SSSR count). The summed E-state index contributed by atoms with van der Waals surface area (Å²) >= 11 is 0. The molecule has 6 N–H and O–H groups in total. The number of hydrogen-bond donors (Lipinski definition) is 6. The topological polar surface area (TPSA) is 275 Å². The summed E-state index contributed by atoms with van der Waals surface area (Å²) in [6.07, 6.45) is 0. The fourth-order valence-electron chi connectivity index (χ4n) is 3.61. The number of non-ortho nitro benzene ring substituents is 2. The second-order valence-electron chi connectivity index (χ2n) is 9.77. The summed E-state index contributed by atoms with van der Waals surface area (Å²) in [5.41, 5.74) is -0.830. The molecule has 4 aromatic rings. The van der Waals surface area contributed by atoms with Crippen molar-refractivity contribution in [1.29, 1.82) is 0 Å². The van der Waals surface area contributed by atoms with Gasteiger partial charge in [-0.1, -0.05) is 36.4 Å². The number of nitro benzene ring substituents is 2. The first-order valence-electron chi connectivity index (χ1n) is 14.1. The van der Waals surface area contributed by atoms with Crippen molar-refractivity contribution in [2.45, 2.75) is 13.8 Å². The van der Waals surface area contributed by atoms with Gasteiger partial charge in [0.25, 0.3) is 23.2 Å². The number of amides is 2. The molecule has 0 atom stereocenters. The minimum atomic E-state index is -0.722. The van der Waals surface area contributed by atoms with Crippen LogP contribution in [0, 0.1) is 20.2 Å². The van der Waals surface area contributed by atoms with Gasteiger partial charge in [-0.05, 0) is 50.2 Å². The van der Waals surface area contributed by atoms with Crippen molar-refractivity contribution in [3.05, 3.63) is 140 Å². The molecule has 0 aliphatic carbocycles. The molecule has 18 nitrogen and oxygen atoms in total. The number of allylic oxidation sites excluding steroid dienone is 2. The van der Waals surface area contributed by atoms with E-state index in [1.807, 2.05) is 0 Å². The van der Waals surface area contributed by atoms with Crippen LogP contribution in [0.2, 0.25) is 0 Å². The summed E-state index contributed by atoms with van der Waals surface area (Å²) in [7, 11) is 0. The van der Waals surface area contributed by atoms with Crippen molar-refractivity contribution in [2.24, 2.45) is 20.5 Å². The quantitative estimate of drug-likeness (QED) is 0.0326. The number of aromatic hydroxyl groups is 2. The maximum atomic E-state index is 12.2. The first kappa shape index (κ1) is 44.1. The van der Waals surface area contributed by atoms with E-state index >= 15 is 0 Å². The number of nitrogens with one attached hydrogen (secondary N) is 2. The molecular weight excluding hydrogens is 731 g/mol. The minimum Gasteiger partial charge on any atom is -0.510 e. The SMILES string of the molecule is C/C(O)=C(/N=Nc1cc([N+](=O)[O-])ccc1O)C(=O)Nc1ccccc1.C/C(O)=C(/N=Nc1cc([N+](=O)[O-])ccc1O)C(=O)Nc1ccccc1.[Cr].[Na+]. The Bertz CT molecular complexity index is 1880. The maximum absolute atomic E-state index is 12.2. The average molecular weight is 760 g/mol. The zero-order valence-corrected chi connectivity index (χ0v) is 30.8. The second kappa shape index (κ2) is 21.3. The summed E-state index contributed by atoms with van der Waals surface area (Å²) in [5, 5.41) is 79.7. The van der Waals surface area contributed by atoms with Gasteiger partial charge in [0, 0.05) is 53.0 Å². The molecule has 0 saturated carbocycles. The minimum absolute atomic E-state index is 0. The monoisotopic (exact) mass is 759 g/mol. The van der Waals surface area contributed by atoms with Gasteiger partial charge in [-0.25, -0.2) is 0 Å².